The number of rotatable bonds is 6. The number of furan rings is 1. The van der Waals surface area contributed by atoms with Crippen molar-refractivity contribution in [3.63, 3.8) is 0 Å². The average Bonchev–Trinajstić information content (AvgIpc) is 3.45. The molecule has 0 bridgehead atoms. The minimum atomic E-state index is -0.246. The maximum Gasteiger partial charge on any atom is 0.297 e. The molecule has 0 radical (unpaired) electrons. The van der Waals surface area contributed by atoms with Gasteiger partial charge in [-0.05, 0) is 49.9 Å². The van der Waals surface area contributed by atoms with Crippen molar-refractivity contribution in [1.82, 2.24) is 9.55 Å². The first-order chi connectivity index (χ1) is 16.0. The number of ether oxygens (including phenoxy) is 1. The molecule has 1 atom stereocenters. The minimum Gasteiger partial charge on any atom is -0.448 e. The van der Waals surface area contributed by atoms with Gasteiger partial charge in [-0.3, -0.25) is 14.2 Å². The average molecular weight is 464 g/mol. The quantitative estimate of drug-likeness (QED) is 0.330. The van der Waals surface area contributed by atoms with Gasteiger partial charge in [0.05, 0.1) is 18.4 Å². The molecule has 33 heavy (non-hydrogen) atoms. The third-order valence-electron chi connectivity index (χ3n) is 5.94. The fourth-order valence-corrected chi connectivity index (χ4v) is 5.04. The molecule has 1 saturated heterocycles. The highest BCUT2D eigenvalue weighted by molar-refractivity contribution is 7.99. The van der Waals surface area contributed by atoms with Crippen molar-refractivity contribution in [1.29, 1.82) is 0 Å². The zero-order chi connectivity index (χ0) is 22.9. The van der Waals surface area contributed by atoms with Crippen molar-refractivity contribution in [2.45, 2.75) is 44.5 Å². The lowest BCUT2D eigenvalue weighted by Gasteiger charge is -2.16. The van der Waals surface area contributed by atoms with E-state index < -0.39 is 0 Å². The van der Waals surface area contributed by atoms with Gasteiger partial charge < -0.3 is 14.5 Å². The largest absolute Gasteiger partial charge is 0.448 e. The molecule has 8 heteroatoms. The highest BCUT2D eigenvalue weighted by Crippen LogP contribution is 2.28. The fourth-order valence-electron chi connectivity index (χ4n) is 4.23. The van der Waals surface area contributed by atoms with E-state index in [4.69, 9.17) is 14.1 Å². The topological polar surface area (TPSA) is 86.4 Å². The molecule has 2 aromatic heterocycles. The summed E-state index contributed by atoms with van der Waals surface area (Å²) in [4.78, 5) is 30.9. The van der Waals surface area contributed by atoms with Crippen molar-refractivity contribution in [3.05, 3.63) is 63.9 Å². The van der Waals surface area contributed by atoms with Gasteiger partial charge in [-0.15, -0.1) is 0 Å². The van der Waals surface area contributed by atoms with Crippen LogP contribution in [-0.2, 0) is 16.1 Å². The number of aromatic nitrogens is 2. The first-order valence-corrected chi connectivity index (χ1v) is 12.0. The Labute approximate surface area is 195 Å². The molecule has 0 aliphatic carbocycles. The third-order valence-corrected chi connectivity index (χ3v) is 6.91. The Morgan fingerprint density at radius 1 is 1.18 bits per heavy atom. The summed E-state index contributed by atoms with van der Waals surface area (Å²) in [6.07, 6.45) is 1.82. The van der Waals surface area contributed by atoms with Crippen LogP contribution in [0.3, 0.4) is 0 Å². The third kappa shape index (κ3) is 4.28. The number of carbonyl (C=O) groups excluding carboxylic acids is 1. The van der Waals surface area contributed by atoms with Crippen LogP contribution in [0.25, 0.3) is 22.1 Å². The van der Waals surface area contributed by atoms with Gasteiger partial charge in [-0.25, -0.2) is 4.98 Å². The van der Waals surface area contributed by atoms with E-state index in [0.29, 0.717) is 29.4 Å². The van der Waals surface area contributed by atoms with Gasteiger partial charge in [0, 0.05) is 17.7 Å². The first-order valence-electron chi connectivity index (χ1n) is 11.0. The van der Waals surface area contributed by atoms with Crippen LogP contribution in [0.5, 0.6) is 0 Å². The van der Waals surface area contributed by atoms with E-state index in [1.165, 1.54) is 11.8 Å². The second kappa shape index (κ2) is 9.03. The maximum atomic E-state index is 13.4. The Balaban J connectivity index is 1.48. The van der Waals surface area contributed by atoms with Crippen LogP contribution in [0, 0.1) is 13.8 Å². The van der Waals surface area contributed by atoms with Crippen LogP contribution in [0.4, 0.5) is 5.69 Å². The van der Waals surface area contributed by atoms with Crippen molar-refractivity contribution in [2.24, 2.45) is 0 Å². The molecule has 1 aliphatic heterocycles. The van der Waals surface area contributed by atoms with Crippen LogP contribution in [0.2, 0.25) is 0 Å². The van der Waals surface area contributed by atoms with E-state index in [-0.39, 0.29) is 28.9 Å². The van der Waals surface area contributed by atoms with Gasteiger partial charge >= 0.3 is 0 Å². The summed E-state index contributed by atoms with van der Waals surface area (Å²) in [6.45, 7) is 5.02. The monoisotopic (exact) mass is 463 g/mol. The molecule has 0 unspecified atom stereocenters. The van der Waals surface area contributed by atoms with E-state index in [9.17, 15) is 9.59 Å². The van der Waals surface area contributed by atoms with Crippen LogP contribution in [0.1, 0.15) is 24.0 Å². The number of amides is 1. The predicted molar refractivity (Wildman–Crippen MR) is 130 cm³/mol. The molecule has 4 aromatic rings. The highest BCUT2D eigenvalue weighted by Gasteiger charge is 2.23. The zero-order valence-corrected chi connectivity index (χ0v) is 19.4. The Kier molecular flexibility index (Phi) is 5.95. The Morgan fingerprint density at radius 3 is 2.73 bits per heavy atom. The van der Waals surface area contributed by atoms with Crippen molar-refractivity contribution < 1.29 is 13.9 Å². The van der Waals surface area contributed by atoms with Crippen molar-refractivity contribution in [2.75, 3.05) is 17.7 Å². The normalized spacial score (nSPS) is 16.0. The molecule has 7 nitrogen and oxygen atoms in total. The summed E-state index contributed by atoms with van der Waals surface area (Å²) in [5.41, 5.74) is 3.97. The molecule has 3 heterocycles. The number of anilines is 1. The second-order valence-corrected chi connectivity index (χ2v) is 9.27. The lowest BCUT2D eigenvalue weighted by atomic mass is 10.1. The molecule has 1 fully saturated rings. The van der Waals surface area contributed by atoms with Gasteiger partial charge in [0.2, 0.25) is 11.5 Å². The SMILES string of the molecule is Cc1cccc(C)c1NC(=O)CSc1nc2c(oc3ccccc32)c(=O)n1C[C@@H]1CCCO1. The Hall–Kier alpha value is -3.10. The molecule has 2 aromatic carbocycles. The minimum absolute atomic E-state index is 0.0471. The fraction of sp³-hybridized carbons (Fsp3) is 0.320. The number of hydrogen-bond acceptors (Lipinski definition) is 6. The second-order valence-electron chi connectivity index (χ2n) is 8.32. The van der Waals surface area contributed by atoms with Gasteiger partial charge in [-0.1, -0.05) is 42.1 Å². The molecule has 170 valence electrons. The lowest BCUT2D eigenvalue weighted by molar-refractivity contribution is -0.113. The van der Waals surface area contributed by atoms with Crippen LogP contribution < -0.4 is 10.9 Å². The molecule has 0 spiro atoms. The van der Waals surface area contributed by atoms with Gasteiger partial charge in [0.15, 0.2) is 5.16 Å². The van der Waals surface area contributed by atoms with Crippen LogP contribution in [-0.4, -0.2) is 33.9 Å². The van der Waals surface area contributed by atoms with E-state index in [0.717, 1.165) is 35.0 Å². The number of aryl methyl sites for hydroxylation is 2. The molecule has 1 amide bonds. The maximum absolute atomic E-state index is 13.4. The number of carbonyl (C=O) groups is 1. The van der Waals surface area contributed by atoms with Gasteiger partial charge in [-0.2, -0.15) is 0 Å². The summed E-state index contributed by atoms with van der Waals surface area (Å²) in [7, 11) is 0. The van der Waals surface area contributed by atoms with Crippen molar-refractivity contribution in [3.8, 4) is 0 Å². The number of nitrogens with zero attached hydrogens (tertiary/aromatic N) is 2. The van der Waals surface area contributed by atoms with Crippen molar-refractivity contribution >= 4 is 45.4 Å². The van der Waals surface area contributed by atoms with E-state index >= 15 is 0 Å². The Morgan fingerprint density at radius 2 is 1.97 bits per heavy atom. The van der Waals surface area contributed by atoms with Crippen LogP contribution in [0.15, 0.2) is 56.8 Å². The molecule has 1 aliphatic rings. The summed E-state index contributed by atoms with van der Waals surface area (Å²) >= 11 is 1.25. The number of para-hydroxylation sites is 2. The van der Waals surface area contributed by atoms with E-state index in [1.54, 1.807) is 4.57 Å². The number of thioether (sulfide) groups is 1. The smallest absolute Gasteiger partial charge is 0.297 e. The number of fused-ring (bicyclic) bond motifs is 3. The summed E-state index contributed by atoms with van der Waals surface area (Å²) in [5.74, 6) is -0.0139. The summed E-state index contributed by atoms with van der Waals surface area (Å²) in [5, 5.41) is 4.28. The first kappa shape index (κ1) is 21.7. The lowest BCUT2D eigenvalue weighted by Crippen LogP contribution is -2.29. The highest BCUT2D eigenvalue weighted by atomic mass is 32.2. The van der Waals surface area contributed by atoms with Crippen LogP contribution >= 0.6 is 11.8 Å². The molecular formula is C25H25N3O4S. The molecule has 0 saturated carbocycles. The van der Waals surface area contributed by atoms with Gasteiger partial charge in [0.1, 0.15) is 11.1 Å². The summed E-state index contributed by atoms with van der Waals surface area (Å²) < 4.78 is 13.2. The zero-order valence-electron chi connectivity index (χ0n) is 18.6. The predicted octanol–water partition coefficient (Wildman–Crippen LogP) is 4.67. The number of hydrogen-bond donors (Lipinski definition) is 1. The molecule has 1 N–H and O–H groups in total. The van der Waals surface area contributed by atoms with Gasteiger partial charge in [0.25, 0.3) is 5.56 Å². The molecular weight excluding hydrogens is 438 g/mol. The number of benzene rings is 2. The van der Waals surface area contributed by atoms with E-state index in [2.05, 4.69) is 5.32 Å². The number of nitrogens with one attached hydrogen (secondary N) is 1. The molecule has 5 rings (SSSR count). The Bertz CT molecular complexity index is 1380. The standard InChI is InChI=1S/C25H25N3O4S/c1-15-7-5-8-16(2)21(15)26-20(29)14-33-25-27-22-18-10-3-4-11-19(18)32-23(22)24(30)28(25)13-17-9-6-12-31-17/h3-5,7-8,10-11,17H,6,9,12-14H2,1-2H3,(H,26,29)/t17-/m0/s1. The van der Waals surface area contributed by atoms with E-state index in [1.807, 2.05) is 56.3 Å². The summed E-state index contributed by atoms with van der Waals surface area (Å²) in [6, 6.07) is 13.4.